The highest BCUT2D eigenvalue weighted by Gasteiger charge is 2.54. The van der Waals surface area contributed by atoms with Gasteiger partial charge < -0.3 is 17.6 Å². The van der Waals surface area contributed by atoms with E-state index in [1.807, 2.05) is 6.92 Å². The lowest BCUT2D eigenvalue weighted by Gasteiger charge is -2.31. The van der Waals surface area contributed by atoms with E-state index in [0.717, 1.165) is 14.7 Å². The fourth-order valence-electron chi connectivity index (χ4n) is 2.98. The quantitative estimate of drug-likeness (QED) is 0.632. The number of nitrogens with zero attached hydrogens (tertiary/aromatic N) is 4. The third-order valence-corrected chi connectivity index (χ3v) is 5.17. The van der Waals surface area contributed by atoms with E-state index in [2.05, 4.69) is 41.8 Å². The maximum absolute atomic E-state index is 15.0. The molecule has 0 aromatic carbocycles. The molecule has 23 heavy (non-hydrogen) atoms. The lowest BCUT2D eigenvalue weighted by molar-refractivity contribution is -0.358. The van der Waals surface area contributed by atoms with Crippen molar-refractivity contribution in [2.75, 3.05) is 0 Å². The average molecular weight is 442 g/mol. The molecule has 0 aliphatic carbocycles. The molecule has 2 aliphatic heterocycles. The van der Waals surface area contributed by atoms with E-state index in [1.165, 1.54) is 0 Å². The second-order valence-corrected chi connectivity index (χ2v) is 6.96. The van der Waals surface area contributed by atoms with Gasteiger partial charge in [-0.1, -0.05) is 0 Å². The molecule has 2 aromatic heterocycles. The minimum absolute atomic E-state index is 0.321. The first-order chi connectivity index (χ1) is 10.9. The molecule has 9 heteroatoms. The predicted octanol–water partition coefficient (Wildman–Crippen LogP) is 3.72. The number of hydrogen-bond donors (Lipinski definition) is 0. The third kappa shape index (κ3) is 2.02. The lowest BCUT2D eigenvalue weighted by Crippen LogP contribution is -2.50. The molecule has 2 aromatic rings. The fourth-order valence-corrected chi connectivity index (χ4v) is 4.12. The molecule has 0 atom stereocenters. The van der Waals surface area contributed by atoms with Gasteiger partial charge in [0.05, 0.1) is 27.8 Å². The van der Waals surface area contributed by atoms with Crippen LogP contribution in [-0.4, -0.2) is 30.5 Å². The topological polar surface area (TPSA) is 33.7 Å². The molecule has 2 aliphatic rings. The zero-order chi connectivity index (χ0) is 16.4. The van der Waals surface area contributed by atoms with Gasteiger partial charge in [0.15, 0.2) is 5.70 Å². The van der Waals surface area contributed by atoms with E-state index in [-0.39, 0.29) is 0 Å². The van der Waals surface area contributed by atoms with E-state index in [1.54, 1.807) is 36.7 Å². The Labute approximate surface area is 147 Å². The van der Waals surface area contributed by atoms with Gasteiger partial charge in [0.25, 0.3) is 0 Å². The van der Waals surface area contributed by atoms with Crippen molar-refractivity contribution in [1.29, 1.82) is 0 Å². The van der Waals surface area contributed by atoms with Crippen molar-refractivity contribution in [3.8, 4) is 0 Å². The monoisotopic (exact) mass is 440 g/mol. The second-order valence-electron chi connectivity index (χ2n) is 5.33. The molecule has 0 radical (unpaired) electrons. The predicted molar refractivity (Wildman–Crippen MR) is 91.6 cm³/mol. The van der Waals surface area contributed by atoms with Crippen molar-refractivity contribution in [1.82, 2.24) is 14.4 Å². The van der Waals surface area contributed by atoms with Gasteiger partial charge in [-0.3, -0.25) is 4.98 Å². The number of halogens is 4. The zero-order valence-corrected chi connectivity index (χ0v) is 15.0. The summed E-state index contributed by atoms with van der Waals surface area (Å²) in [6, 6.07) is 3.29. The van der Waals surface area contributed by atoms with Gasteiger partial charge in [-0.25, -0.2) is 4.98 Å². The first-order valence-corrected chi connectivity index (χ1v) is 8.42. The standard InChI is InChI=1S/C14H9BBr2F2N4/c1-8-6-20-7-9(21-8)14-10-2-4-12(16)22(10)15(18,19)23-11(14)3-5-13(23)17/h2-7H,1H3. The van der Waals surface area contributed by atoms with E-state index < -0.39 is 6.97 Å². The summed E-state index contributed by atoms with van der Waals surface area (Å²) in [5.74, 6) is 0. The van der Waals surface area contributed by atoms with E-state index in [9.17, 15) is 0 Å². The second kappa shape index (κ2) is 4.94. The van der Waals surface area contributed by atoms with Crippen LogP contribution < -0.4 is 0 Å². The summed E-state index contributed by atoms with van der Waals surface area (Å²) in [6.45, 7) is -2.18. The number of hydrogen-bond acceptors (Lipinski definition) is 2. The summed E-state index contributed by atoms with van der Waals surface area (Å²) in [6.07, 6.45) is 6.52. The van der Waals surface area contributed by atoms with Crippen molar-refractivity contribution in [2.24, 2.45) is 0 Å². The molecule has 0 saturated carbocycles. The minimum atomic E-state index is -4.00. The Morgan fingerprint density at radius 2 is 1.96 bits per heavy atom. The highest BCUT2D eigenvalue weighted by molar-refractivity contribution is 9.18. The Morgan fingerprint density at radius 3 is 2.70 bits per heavy atom. The van der Waals surface area contributed by atoms with Crippen molar-refractivity contribution in [3.63, 3.8) is 0 Å². The summed E-state index contributed by atoms with van der Waals surface area (Å²) < 4.78 is 32.7. The zero-order valence-electron chi connectivity index (χ0n) is 11.8. The Balaban J connectivity index is 2.12. The number of fused-ring (bicyclic) bond motifs is 2. The van der Waals surface area contributed by atoms with Crippen LogP contribution in [0.3, 0.4) is 0 Å². The summed E-state index contributed by atoms with van der Waals surface area (Å²) in [4.78, 5) is 8.61. The SMILES string of the molecule is Cc1cncc(C2=C3C=CC(Br)=[N+]3[B-](F)(F)n3c(Br)ccc32)n1. The fraction of sp³-hybridized carbons (Fsp3) is 0.0714. The van der Waals surface area contributed by atoms with Crippen LogP contribution in [0.1, 0.15) is 17.1 Å². The van der Waals surface area contributed by atoms with Gasteiger partial charge in [0, 0.05) is 40.0 Å². The summed E-state index contributed by atoms with van der Waals surface area (Å²) >= 11 is 6.45. The van der Waals surface area contributed by atoms with Crippen LogP contribution in [0, 0.1) is 6.92 Å². The number of aryl methyl sites for hydroxylation is 1. The van der Waals surface area contributed by atoms with Crippen molar-refractivity contribution >= 4 is 49.0 Å². The first-order valence-electron chi connectivity index (χ1n) is 6.84. The minimum Gasteiger partial charge on any atom is -0.389 e. The van der Waals surface area contributed by atoms with Crippen LogP contribution in [0.5, 0.6) is 0 Å². The molecule has 4 nitrogen and oxygen atoms in total. The molecular formula is C14H9BBr2F2N4. The average Bonchev–Trinajstić information content (AvgIpc) is 3.05. The number of allylic oxidation sites excluding steroid dienone is 2. The van der Waals surface area contributed by atoms with Gasteiger partial charge in [0.1, 0.15) is 0 Å². The molecule has 0 fully saturated rings. The Bertz CT molecular complexity index is 946. The molecule has 0 amide bonds. The first kappa shape index (κ1) is 15.0. The molecular weight excluding hydrogens is 433 g/mol. The Morgan fingerprint density at radius 1 is 1.17 bits per heavy atom. The van der Waals surface area contributed by atoms with Gasteiger partial charge in [0.2, 0.25) is 4.62 Å². The molecule has 0 spiro atoms. The Hall–Kier alpha value is -1.61. The van der Waals surface area contributed by atoms with Crippen LogP contribution in [0.4, 0.5) is 8.63 Å². The van der Waals surface area contributed by atoms with Gasteiger partial charge >= 0.3 is 6.97 Å². The van der Waals surface area contributed by atoms with E-state index >= 15 is 8.63 Å². The van der Waals surface area contributed by atoms with Gasteiger partial charge in [-0.2, -0.15) is 0 Å². The largest absolute Gasteiger partial charge is 0.738 e. The highest BCUT2D eigenvalue weighted by Crippen LogP contribution is 2.41. The summed E-state index contributed by atoms with van der Waals surface area (Å²) in [5.41, 5.74) is 2.76. The van der Waals surface area contributed by atoms with Gasteiger partial charge in [-0.15, -0.1) is 0 Å². The smallest absolute Gasteiger partial charge is 0.389 e. The maximum Gasteiger partial charge on any atom is 0.738 e. The molecule has 0 bridgehead atoms. The van der Waals surface area contributed by atoms with Crippen LogP contribution >= 0.6 is 31.9 Å². The third-order valence-electron chi connectivity index (χ3n) is 3.88. The van der Waals surface area contributed by atoms with Crippen LogP contribution in [0.15, 0.2) is 47.0 Å². The molecule has 0 unspecified atom stereocenters. The number of aromatic nitrogens is 3. The summed E-state index contributed by atoms with van der Waals surface area (Å²) in [5, 5.41) is 0. The molecule has 4 rings (SSSR count). The molecule has 4 heterocycles. The highest BCUT2D eigenvalue weighted by atomic mass is 79.9. The van der Waals surface area contributed by atoms with Crippen LogP contribution in [0.2, 0.25) is 0 Å². The van der Waals surface area contributed by atoms with E-state index in [4.69, 9.17) is 0 Å². The Kier molecular flexibility index (Phi) is 3.21. The van der Waals surface area contributed by atoms with Crippen molar-refractivity contribution in [2.45, 2.75) is 6.92 Å². The van der Waals surface area contributed by atoms with Crippen molar-refractivity contribution in [3.05, 3.63) is 64.1 Å². The maximum atomic E-state index is 15.0. The normalized spacial score (nSPS) is 18.5. The summed E-state index contributed by atoms with van der Waals surface area (Å²) in [7, 11) is 0. The molecule has 0 N–H and O–H groups in total. The van der Waals surface area contributed by atoms with Gasteiger partial charge in [-0.05, 0) is 35.0 Å². The lowest BCUT2D eigenvalue weighted by atomic mass is 9.88. The number of rotatable bonds is 1. The van der Waals surface area contributed by atoms with Crippen LogP contribution in [0.25, 0.3) is 5.57 Å². The van der Waals surface area contributed by atoms with Crippen molar-refractivity contribution < 1.29 is 13.1 Å². The van der Waals surface area contributed by atoms with E-state index in [0.29, 0.717) is 31.9 Å². The van der Waals surface area contributed by atoms with Crippen LogP contribution in [-0.2, 0) is 0 Å². The molecule has 116 valence electrons. The molecule has 0 saturated heterocycles.